The van der Waals surface area contributed by atoms with E-state index in [0.29, 0.717) is 13.0 Å². The molecule has 1 unspecified atom stereocenters. The van der Waals surface area contributed by atoms with E-state index in [0.717, 1.165) is 10.2 Å². The van der Waals surface area contributed by atoms with Crippen molar-refractivity contribution in [2.24, 2.45) is 11.5 Å². The van der Waals surface area contributed by atoms with Crippen molar-refractivity contribution in [3.05, 3.63) is 28.7 Å². The molecule has 0 heterocycles. The highest BCUT2D eigenvalue weighted by Gasteiger charge is 2.08. The topological polar surface area (TPSA) is 78.3 Å². The molecular formula is C10H13BrN2O2. The zero-order valence-corrected chi connectivity index (χ0v) is 9.74. The average Bonchev–Trinajstić information content (AvgIpc) is 2.20. The normalized spacial score (nSPS) is 12.1. The van der Waals surface area contributed by atoms with Gasteiger partial charge < -0.3 is 16.2 Å². The highest BCUT2D eigenvalue weighted by molar-refractivity contribution is 9.10. The Bertz CT molecular complexity index is 327. The number of hydrogen-bond acceptors (Lipinski definition) is 3. The maximum atomic E-state index is 10.6. The third-order valence-corrected chi connectivity index (χ3v) is 2.41. The number of amides is 1. The van der Waals surface area contributed by atoms with Gasteiger partial charge in [0.1, 0.15) is 5.75 Å². The van der Waals surface area contributed by atoms with Crippen molar-refractivity contribution >= 4 is 21.8 Å². The molecule has 5 heteroatoms. The molecule has 0 aliphatic heterocycles. The van der Waals surface area contributed by atoms with Gasteiger partial charge in [0.15, 0.2) is 0 Å². The van der Waals surface area contributed by atoms with Gasteiger partial charge in [-0.1, -0.05) is 15.9 Å². The van der Waals surface area contributed by atoms with Crippen molar-refractivity contribution in [1.29, 1.82) is 0 Å². The van der Waals surface area contributed by atoms with Crippen molar-refractivity contribution in [3.63, 3.8) is 0 Å². The van der Waals surface area contributed by atoms with Crippen LogP contribution < -0.4 is 16.2 Å². The van der Waals surface area contributed by atoms with Gasteiger partial charge in [-0.2, -0.15) is 0 Å². The van der Waals surface area contributed by atoms with E-state index in [1.165, 1.54) is 0 Å². The molecule has 0 radical (unpaired) electrons. The van der Waals surface area contributed by atoms with Crippen LogP contribution in [-0.2, 0) is 4.79 Å². The lowest BCUT2D eigenvalue weighted by atomic mass is 10.2. The molecule has 1 aromatic carbocycles. The summed E-state index contributed by atoms with van der Waals surface area (Å²) in [5, 5.41) is 0. The summed E-state index contributed by atoms with van der Waals surface area (Å²) in [6.07, 6.45) is 0.422. The standard InChI is InChI=1S/C10H13BrN2O2/c11-7-1-3-8(4-2-7)15-6-5-9(12)10(13)14/h1-4,9H,5-6,12H2,(H2,13,14). The highest BCUT2D eigenvalue weighted by atomic mass is 79.9. The average molecular weight is 273 g/mol. The first-order valence-electron chi connectivity index (χ1n) is 4.53. The molecule has 1 amide bonds. The van der Waals surface area contributed by atoms with Gasteiger partial charge in [-0.25, -0.2) is 0 Å². The van der Waals surface area contributed by atoms with Crippen molar-refractivity contribution in [3.8, 4) is 5.75 Å². The lowest BCUT2D eigenvalue weighted by molar-refractivity contribution is -0.119. The van der Waals surface area contributed by atoms with Crippen molar-refractivity contribution in [1.82, 2.24) is 0 Å². The van der Waals surface area contributed by atoms with E-state index in [2.05, 4.69) is 15.9 Å². The minimum Gasteiger partial charge on any atom is -0.494 e. The van der Waals surface area contributed by atoms with Crippen LogP contribution in [0.3, 0.4) is 0 Å². The van der Waals surface area contributed by atoms with E-state index in [-0.39, 0.29) is 0 Å². The Hall–Kier alpha value is -1.07. The van der Waals surface area contributed by atoms with Crippen molar-refractivity contribution in [2.45, 2.75) is 12.5 Å². The first-order chi connectivity index (χ1) is 7.09. The Morgan fingerprint density at radius 1 is 1.40 bits per heavy atom. The molecule has 1 aromatic rings. The molecule has 1 atom stereocenters. The Balaban J connectivity index is 2.32. The lowest BCUT2D eigenvalue weighted by Gasteiger charge is -2.09. The summed E-state index contributed by atoms with van der Waals surface area (Å²) < 4.78 is 6.36. The van der Waals surface area contributed by atoms with Gasteiger partial charge >= 0.3 is 0 Å². The third-order valence-electron chi connectivity index (χ3n) is 1.88. The second-order valence-electron chi connectivity index (χ2n) is 3.10. The number of primary amides is 1. The van der Waals surface area contributed by atoms with Crippen LogP contribution in [0.2, 0.25) is 0 Å². The molecule has 0 saturated heterocycles. The quantitative estimate of drug-likeness (QED) is 0.841. The number of carbonyl (C=O) groups excluding carboxylic acids is 1. The smallest absolute Gasteiger partial charge is 0.234 e. The van der Waals surface area contributed by atoms with Crippen LogP contribution in [0, 0.1) is 0 Å². The number of hydrogen-bond donors (Lipinski definition) is 2. The molecule has 0 aliphatic carbocycles. The summed E-state index contributed by atoms with van der Waals surface area (Å²) in [6.45, 7) is 0.381. The van der Waals surface area contributed by atoms with Crippen LogP contribution in [0.4, 0.5) is 0 Å². The van der Waals surface area contributed by atoms with Crippen LogP contribution in [-0.4, -0.2) is 18.6 Å². The van der Waals surface area contributed by atoms with Gasteiger partial charge in [-0.05, 0) is 24.3 Å². The highest BCUT2D eigenvalue weighted by Crippen LogP contribution is 2.16. The maximum absolute atomic E-state index is 10.6. The van der Waals surface area contributed by atoms with Gasteiger partial charge in [-0.3, -0.25) is 4.79 Å². The first kappa shape index (κ1) is 12.0. The van der Waals surface area contributed by atoms with E-state index in [9.17, 15) is 4.79 Å². The zero-order valence-electron chi connectivity index (χ0n) is 8.15. The predicted molar refractivity (Wildman–Crippen MR) is 61.4 cm³/mol. The van der Waals surface area contributed by atoms with Gasteiger partial charge in [0.25, 0.3) is 0 Å². The summed E-state index contributed by atoms with van der Waals surface area (Å²) >= 11 is 3.32. The van der Waals surface area contributed by atoms with E-state index in [1.807, 2.05) is 24.3 Å². The molecule has 0 aliphatic rings. The number of benzene rings is 1. The van der Waals surface area contributed by atoms with E-state index in [4.69, 9.17) is 16.2 Å². The molecule has 82 valence electrons. The second-order valence-corrected chi connectivity index (χ2v) is 4.02. The molecule has 4 nitrogen and oxygen atoms in total. The third kappa shape index (κ3) is 4.31. The van der Waals surface area contributed by atoms with Gasteiger partial charge in [0.05, 0.1) is 12.6 Å². The Morgan fingerprint density at radius 2 is 2.00 bits per heavy atom. The summed E-state index contributed by atoms with van der Waals surface area (Å²) in [4.78, 5) is 10.6. The van der Waals surface area contributed by atoms with Gasteiger partial charge in [-0.15, -0.1) is 0 Å². The van der Waals surface area contributed by atoms with E-state index >= 15 is 0 Å². The first-order valence-corrected chi connectivity index (χ1v) is 5.32. The molecular weight excluding hydrogens is 260 g/mol. The minimum absolute atomic E-state index is 0.381. The number of ether oxygens (including phenoxy) is 1. The fourth-order valence-corrected chi connectivity index (χ4v) is 1.24. The van der Waals surface area contributed by atoms with Gasteiger partial charge in [0.2, 0.25) is 5.91 Å². The fourth-order valence-electron chi connectivity index (χ4n) is 0.977. The summed E-state index contributed by atoms with van der Waals surface area (Å²) in [7, 11) is 0. The SMILES string of the molecule is NC(=O)C(N)CCOc1ccc(Br)cc1. The van der Waals surface area contributed by atoms with Crippen LogP contribution in [0.1, 0.15) is 6.42 Å². The van der Waals surface area contributed by atoms with Crippen LogP contribution in [0.15, 0.2) is 28.7 Å². The fraction of sp³-hybridized carbons (Fsp3) is 0.300. The maximum Gasteiger partial charge on any atom is 0.234 e. The summed E-state index contributed by atoms with van der Waals surface area (Å²) in [6, 6.07) is 6.78. The van der Waals surface area contributed by atoms with Crippen molar-refractivity contribution in [2.75, 3.05) is 6.61 Å². The molecule has 0 spiro atoms. The Labute approximate surface area is 96.7 Å². The number of halogens is 1. The largest absolute Gasteiger partial charge is 0.494 e. The van der Waals surface area contributed by atoms with Crippen LogP contribution in [0.25, 0.3) is 0 Å². The van der Waals surface area contributed by atoms with E-state index in [1.54, 1.807) is 0 Å². The monoisotopic (exact) mass is 272 g/mol. The van der Waals surface area contributed by atoms with Gasteiger partial charge in [0, 0.05) is 10.9 Å². The predicted octanol–water partition coefficient (Wildman–Crippen LogP) is 1.03. The van der Waals surface area contributed by atoms with Crippen LogP contribution in [0.5, 0.6) is 5.75 Å². The molecule has 0 aromatic heterocycles. The van der Waals surface area contributed by atoms with E-state index < -0.39 is 11.9 Å². The molecule has 0 fully saturated rings. The lowest BCUT2D eigenvalue weighted by Crippen LogP contribution is -2.37. The summed E-state index contributed by atoms with van der Waals surface area (Å²) in [5.74, 6) is 0.240. The summed E-state index contributed by atoms with van der Waals surface area (Å²) in [5.41, 5.74) is 10.5. The number of rotatable bonds is 5. The van der Waals surface area contributed by atoms with Crippen molar-refractivity contribution < 1.29 is 9.53 Å². The Morgan fingerprint density at radius 3 is 2.53 bits per heavy atom. The molecule has 15 heavy (non-hydrogen) atoms. The minimum atomic E-state index is -0.638. The number of carbonyl (C=O) groups is 1. The molecule has 4 N–H and O–H groups in total. The second kappa shape index (κ2) is 5.72. The zero-order chi connectivity index (χ0) is 11.3. The molecule has 0 saturated carbocycles. The Kier molecular flexibility index (Phi) is 4.58. The van der Waals surface area contributed by atoms with Crippen LogP contribution >= 0.6 is 15.9 Å². The molecule has 0 bridgehead atoms. The molecule has 1 rings (SSSR count). The number of nitrogens with two attached hydrogens (primary N) is 2.